The molecule has 1 saturated carbocycles. The molecule has 2 aliphatic heterocycles. The molecule has 2 saturated heterocycles. The van der Waals surface area contributed by atoms with Gasteiger partial charge in [-0.05, 0) is 81.5 Å². The maximum Gasteiger partial charge on any atom is 0.416 e. The van der Waals surface area contributed by atoms with Crippen LogP contribution in [-0.2, 0) is 16.6 Å². The SMILES string of the molecule is O=C(CNc1noc2ccc(C(F)(F)F)cc12)N1CC[C@]2(CCN(C3CCC(O)(c4ccc(-c5ncccn5)cn4)CC3)C2)C1. The third-order valence-corrected chi connectivity index (χ3v) is 9.83. The number of nitrogens with zero attached hydrogens (tertiary/aromatic N) is 6. The number of aliphatic hydroxyl groups is 1. The van der Waals surface area contributed by atoms with Crippen molar-refractivity contribution in [1.29, 1.82) is 0 Å². The summed E-state index contributed by atoms with van der Waals surface area (Å²) in [6, 6.07) is 9.08. The summed E-state index contributed by atoms with van der Waals surface area (Å²) in [5, 5.41) is 18.4. The standard InChI is InChI=1S/C32H34F3N7O3/c33-32(34,35)22-3-4-25-24(16-22)29(40-45-25)39-18-27(43)42-15-11-30(20-42)10-14-41(19-30)23-6-8-31(44,9-7-23)26-5-2-21(17-38-26)28-36-12-1-13-37-28/h1-5,12-13,16-17,23,44H,6-11,14-15,18-20H2,(H,39,40)/t23?,30-,31?/m0/s1. The van der Waals surface area contributed by atoms with Crippen LogP contribution in [0.1, 0.15) is 49.8 Å². The molecular formula is C32H34F3N7O3. The molecule has 5 heterocycles. The minimum Gasteiger partial charge on any atom is -0.384 e. The lowest BCUT2D eigenvalue weighted by atomic mass is 9.79. The molecule has 1 atom stereocenters. The van der Waals surface area contributed by atoms with E-state index in [0.29, 0.717) is 43.5 Å². The number of halogens is 3. The summed E-state index contributed by atoms with van der Waals surface area (Å²) in [7, 11) is 0. The molecule has 0 bridgehead atoms. The van der Waals surface area contributed by atoms with Crippen molar-refractivity contribution in [3.8, 4) is 11.4 Å². The van der Waals surface area contributed by atoms with Crippen LogP contribution in [0.15, 0.2) is 59.5 Å². The largest absolute Gasteiger partial charge is 0.416 e. The molecule has 45 heavy (non-hydrogen) atoms. The molecule has 1 spiro atoms. The van der Waals surface area contributed by atoms with Gasteiger partial charge in [0, 0.05) is 55.2 Å². The zero-order valence-electron chi connectivity index (χ0n) is 24.6. The normalized spacial score (nSPS) is 25.8. The highest BCUT2D eigenvalue weighted by atomic mass is 19.4. The fraction of sp³-hybridized carbons (Fsp3) is 0.469. The topological polar surface area (TPSA) is 121 Å². The minimum atomic E-state index is -4.49. The van der Waals surface area contributed by atoms with Crippen LogP contribution in [-0.4, -0.2) is 79.7 Å². The molecule has 10 nitrogen and oxygen atoms in total. The first-order valence-corrected chi connectivity index (χ1v) is 15.3. The van der Waals surface area contributed by atoms with E-state index < -0.39 is 17.3 Å². The molecule has 7 rings (SSSR count). The average molecular weight is 622 g/mol. The van der Waals surface area contributed by atoms with Gasteiger partial charge in [0.2, 0.25) is 5.91 Å². The number of benzene rings is 1. The maximum atomic E-state index is 13.2. The van der Waals surface area contributed by atoms with Gasteiger partial charge in [-0.2, -0.15) is 13.2 Å². The van der Waals surface area contributed by atoms with E-state index in [-0.39, 0.29) is 34.7 Å². The van der Waals surface area contributed by atoms with Crippen molar-refractivity contribution in [3.05, 3.63) is 66.2 Å². The number of aromatic nitrogens is 4. The van der Waals surface area contributed by atoms with E-state index in [2.05, 4.69) is 30.3 Å². The summed E-state index contributed by atoms with van der Waals surface area (Å²) in [4.78, 5) is 30.6. The predicted molar refractivity (Wildman–Crippen MR) is 159 cm³/mol. The Morgan fingerprint density at radius 3 is 2.53 bits per heavy atom. The van der Waals surface area contributed by atoms with Crippen molar-refractivity contribution < 1.29 is 27.6 Å². The fourth-order valence-corrected chi connectivity index (χ4v) is 7.23. The molecule has 3 aromatic heterocycles. The number of hydrogen-bond acceptors (Lipinski definition) is 9. The number of carbonyl (C=O) groups is 1. The van der Waals surface area contributed by atoms with Gasteiger partial charge in [-0.25, -0.2) is 9.97 Å². The van der Waals surface area contributed by atoms with E-state index in [0.717, 1.165) is 56.5 Å². The second-order valence-corrected chi connectivity index (χ2v) is 12.6. The Bertz CT molecular complexity index is 1670. The first-order valence-electron chi connectivity index (χ1n) is 15.3. The number of pyridine rings is 1. The predicted octanol–water partition coefficient (Wildman–Crippen LogP) is 4.87. The molecular weight excluding hydrogens is 587 g/mol. The Morgan fingerprint density at radius 2 is 1.80 bits per heavy atom. The van der Waals surface area contributed by atoms with Gasteiger partial charge in [0.25, 0.3) is 0 Å². The van der Waals surface area contributed by atoms with Crippen LogP contribution >= 0.6 is 0 Å². The molecule has 4 aromatic rings. The Hall–Kier alpha value is -4.10. The van der Waals surface area contributed by atoms with Crippen LogP contribution in [0.2, 0.25) is 0 Å². The van der Waals surface area contributed by atoms with Crippen LogP contribution in [0, 0.1) is 5.41 Å². The van der Waals surface area contributed by atoms with Crippen molar-refractivity contribution in [1.82, 2.24) is 29.9 Å². The molecule has 0 unspecified atom stereocenters. The molecule has 2 N–H and O–H groups in total. The second-order valence-electron chi connectivity index (χ2n) is 12.6. The first-order chi connectivity index (χ1) is 21.6. The smallest absolute Gasteiger partial charge is 0.384 e. The third-order valence-electron chi connectivity index (χ3n) is 9.83. The lowest BCUT2D eigenvalue weighted by molar-refractivity contribution is -0.137. The van der Waals surface area contributed by atoms with Crippen LogP contribution in [0.5, 0.6) is 0 Å². The van der Waals surface area contributed by atoms with Crippen LogP contribution in [0.25, 0.3) is 22.4 Å². The molecule has 0 radical (unpaired) electrons. The third kappa shape index (κ3) is 5.86. The molecule has 3 aliphatic rings. The number of likely N-dealkylation sites (tertiary alicyclic amines) is 2. The Balaban J connectivity index is 0.915. The molecule has 3 fully saturated rings. The summed E-state index contributed by atoms with van der Waals surface area (Å²) >= 11 is 0. The van der Waals surface area contributed by atoms with E-state index in [1.165, 1.54) is 6.07 Å². The van der Waals surface area contributed by atoms with Gasteiger partial charge in [0.05, 0.1) is 23.2 Å². The highest BCUT2D eigenvalue weighted by Gasteiger charge is 2.47. The summed E-state index contributed by atoms with van der Waals surface area (Å²) < 4.78 is 44.7. The van der Waals surface area contributed by atoms with Gasteiger partial charge in [-0.3, -0.25) is 14.7 Å². The summed E-state index contributed by atoms with van der Waals surface area (Å²) in [5.74, 6) is 0.609. The van der Waals surface area contributed by atoms with Gasteiger partial charge < -0.3 is 19.8 Å². The van der Waals surface area contributed by atoms with Gasteiger partial charge in [0.15, 0.2) is 17.2 Å². The lowest BCUT2D eigenvalue weighted by Crippen LogP contribution is -2.43. The fourth-order valence-electron chi connectivity index (χ4n) is 7.23. The molecule has 236 valence electrons. The number of nitrogens with one attached hydrogen (secondary N) is 1. The summed E-state index contributed by atoms with van der Waals surface area (Å²) in [6.07, 6.45) is 5.53. The van der Waals surface area contributed by atoms with Crippen LogP contribution < -0.4 is 5.32 Å². The highest BCUT2D eigenvalue weighted by molar-refractivity contribution is 5.90. The Kier molecular flexibility index (Phi) is 7.47. The zero-order chi connectivity index (χ0) is 31.2. The van der Waals surface area contributed by atoms with Crippen molar-refractivity contribution >= 4 is 22.7 Å². The van der Waals surface area contributed by atoms with Gasteiger partial charge >= 0.3 is 6.18 Å². The Labute approximate surface area is 257 Å². The first kappa shape index (κ1) is 29.6. The van der Waals surface area contributed by atoms with Gasteiger partial charge in [-0.1, -0.05) is 5.16 Å². The summed E-state index contributed by atoms with van der Waals surface area (Å²) in [5.41, 5.74) is -0.0224. The quantitative estimate of drug-likeness (QED) is 0.311. The summed E-state index contributed by atoms with van der Waals surface area (Å²) in [6.45, 7) is 3.09. The average Bonchev–Trinajstić information content (AvgIpc) is 3.79. The molecule has 1 aromatic carbocycles. The number of amides is 1. The molecule has 1 aliphatic carbocycles. The van der Waals surface area contributed by atoms with Crippen LogP contribution in [0.3, 0.4) is 0 Å². The van der Waals surface area contributed by atoms with Crippen molar-refractivity contribution in [2.45, 2.75) is 56.3 Å². The number of fused-ring (bicyclic) bond motifs is 1. The van der Waals surface area contributed by atoms with Crippen molar-refractivity contribution in [3.63, 3.8) is 0 Å². The van der Waals surface area contributed by atoms with E-state index in [9.17, 15) is 23.1 Å². The maximum absolute atomic E-state index is 13.2. The van der Waals surface area contributed by atoms with Crippen LogP contribution in [0.4, 0.5) is 19.0 Å². The zero-order valence-corrected chi connectivity index (χ0v) is 24.6. The monoisotopic (exact) mass is 621 g/mol. The van der Waals surface area contributed by atoms with Gasteiger partial charge in [-0.15, -0.1) is 0 Å². The second kappa shape index (κ2) is 11.4. The molecule has 1 amide bonds. The van der Waals surface area contributed by atoms with E-state index >= 15 is 0 Å². The molecule has 13 heteroatoms. The van der Waals surface area contributed by atoms with Gasteiger partial charge in [0.1, 0.15) is 5.60 Å². The minimum absolute atomic E-state index is 0.0303. The van der Waals surface area contributed by atoms with E-state index in [1.807, 2.05) is 17.0 Å². The number of anilines is 1. The van der Waals surface area contributed by atoms with Crippen molar-refractivity contribution in [2.24, 2.45) is 5.41 Å². The highest BCUT2D eigenvalue weighted by Crippen LogP contribution is 2.44. The number of hydrogen-bond donors (Lipinski definition) is 2. The van der Waals surface area contributed by atoms with Crippen molar-refractivity contribution in [2.75, 3.05) is 38.0 Å². The van der Waals surface area contributed by atoms with E-state index in [1.54, 1.807) is 24.7 Å². The number of rotatable bonds is 6. The Morgan fingerprint density at radius 1 is 1.02 bits per heavy atom. The number of alkyl halides is 3. The van der Waals surface area contributed by atoms with E-state index in [4.69, 9.17) is 4.52 Å². The lowest BCUT2D eigenvalue weighted by Gasteiger charge is -2.39. The number of carbonyl (C=O) groups excluding carboxylic acids is 1.